The van der Waals surface area contributed by atoms with Crippen LogP contribution in [0.2, 0.25) is 25.7 Å². The number of anilines is 1. The number of rotatable bonds is 8. The molecule has 12 heteroatoms. The molecule has 4 heterocycles. The van der Waals surface area contributed by atoms with Crippen LogP contribution in [-0.4, -0.2) is 50.9 Å². The van der Waals surface area contributed by atoms with Gasteiger partial charge in [-0.3, -0.25) is 4.57 Å². The van der Waals surface area contributed by atoms with E-state index in [4.69, 9.17) is 9.72 Å². The van der Waals surface area contributed by atoms with E-state index in [0.717, 1.165) is 31.6 Å². The van der Waals surface area contributed by atoms with E-state index in [2.05, 4.69) is 40.2 Å². The first-order valence-corrected chi connectivity index (χ1v) is 15.5. The molecule has 2 aromatic heterocycles. The Bertz CT molecular complexity index is 1230. The summed E-state index contributed by atoms with van der Waals surface area (Å²) in [7, 11) is -1.20. The summed E-state index contributed by atoms with van der Waals surface area (Å²) in [6.07, 6.45) is 5.25. The maximum Gasteiger partial charge on any atom is 0.430 e. The third-order valence-electron chi connectivity index (χ3n) is 6.50. The van der Waals surface area contributed by atoms with Gasteiger partial charge in [-0.2, -0.15) is 13.2 Å². The number of aromatic nitrogens is 4. The first-order chi connectivity index (χ1) is 16.5. The van der Waals surface area contributed by atoms with Crippen molar-refractivity contribution in [1.29, 1.82) is 0 Å². The van der Waals surface area contributed by atoms with Gasteiger partial charge >= 0.3 is 6.18 Å². The third-order valence-corrected chi connectivity index (χ3v) is 8.20. The highest BCUT2D eigenvalue weighted by Gasteiger charge is 2.57. The maximum absolute atomic E-state index is 13.7. The predicted molar refractivity (Wildman–Crippen MR) is 130 cm³/mol. The number of nitrogens with one attached hydrogen (secondary N) is 2. The van der Waals surface area contributed by atoms with E-state index in [1.54, 1.807) is 12.2 Å². The van der Waals surface area contributed by atoms with Gasteiger partial charge in [0.25, 0.3) is 0 Å². The number of nitrogens with zero attached hydrogens (tertiary/aromatic N) is 5. The minimum atomic E-state index is -4.48. The molecule has 0 saturated heterocycles. The Kier molecular flexibility index (Phi) is 5.70. The number of allylic oxidation sites excluding steroid dienone is 2. The Morgan fingerprint density at radius 3 is 2.69 bits per heavy atom. The molecule has 5 rings (SSSR count). The summed E-state index contributed by atoms with van der Waals surface area (Å²) in [6, 6.07) is 1.07. The van der Waals surface area contributed by atoms with E-state index < -0.39 is 19.9 Å². The summed E-state index contributed by atoms with van der Waals surface area (Å²) in [5.41, 5.74) is -0.0952. The molecule has 0 radical (unpaired) electrons. The highest BCUT2D eigenvalue weighted by Crippen LogP contribution is 2.42. The van der Waals surface area contributed by atoms with E-state index in [0.29, 0.717) is 47.6 Å². The molecule has 1 atom stereocenters. The minimum absolute atomic E-state index is 0.363. The standard InChI is InChI=1S/C23H30F3N7OSi/c1-22(23(24,25)26)29-11-17-8-7-16(12-33(17)22)30-19-18-21(28-13-27-19)32(20(31-18)15-5-6-15)14-34-9-10-35(2,3)4/h7-8,11-13,15,29H,5-6,9-10,14H2,1-4H3,(H,27,28,30). The lowest BCUT2D eigenvalue weighted by molar-refractivity contribution is -0.215. The highest BCUT2D eigenvalue weighted by molar-refractivity contribution is 6.76. The molecule has 0 amide bonds. The van der Waals surface area contributed by atoms with Crippen molar-refractivity contribution < 1.29 is 17.9 Å². The van der Waals surface area contributed by atoms with Crippen LogP contribution in [0.15, 0.2) is 42.3 Å². The molecule has 1 unspecified atom stereocenters. The third kappa shape index (κ3) is 4.56. The van der Waals surface area contributed by atoms with Gasteiger partial charge in [0.15, 0.2) is 17.0 Å². The average molecular weight is 506 g/mol. The SMILES string of the molecule is CC1(C(F)(F)F)NC=C2C=CC(Nc3ncnc4c3nc(C3CC3)n4COCC[Si](C)(C)C)=CN21. The molecule has 0 spiro atoms. The number of ether oxygens (including phenoxy) is 1. The summed E-state index contributed by atoms with van der Waals surface area (Å²) >= 11 is 0. The van der Waals surface area contributed by atoms with Crippen molar-refractivity contribution >= 4 is 25.1 Å². The summed E-state index contributed by atoms with van der Waals surface area (Å²) in [5, 5.41) is 5.62. The Hall–Kier alpha value is -2.86. The summed E-state index contributed by atoms with van der Waals surface area (Å²) in [6.45, 7) is 9.10. The maximum atomic E-state index is 13.7. The molecule has 0 aromatic carbocycles. The summed E-state index contributed by atoms with van der Waals surface area (Å²) in [5.74, 6) is 1.73. The van der Waals surface area contributed by atoms with E-state index in [9.17, 15) is 13.2 Å². The molecular formula is C23H30F3N7OSi. The van der Waals surface area contributed by atoms with Gasteiger partial charge < -0.3 is 20.3 Å². The van der Waals surface area contributed by atoms with Crippen molar-refractivity contribution in [3.8, 4) is 0 Å². The van der Waals surface area contributed by atoms with Crippen LogP contribution in [0.5, 0.6) is 0 Å². The summed E-state index contributed by atoms with van der Waals surface area (Å²) in [4.78, 5) is 14.8. The number of halogens is 3. The zero-order valence-electron chi connectivity index (χ0n) is 20.3. The summed E-state index contributed by atoms with van der Waals surface area (Å²) < 4.78 is 49.2. The normalized spacial score (nSPS) is 22.2. The molecule has 1 aliphatic carbocycles. The zero-order chi connectivity index (χ0) is 25.0. The molecule has 0 bridgehead atoms. The van der Waals surface area contributed by atoms with E-state index in [1.807, 2.05) is 4.57 Å². The molecule has 2 aromatic rings. The first kappa shape index (κ1) is 23.9. The van der Waals surface area contributed by atoms with Gasteiger partial charge in [0.2, 0.25) is 5.66 Å². The first-order valence-electron chi connectivity index (χ1n) is 11.8. The lowest BCUT2D eigenvalue weighted by Crippen LogP contribution is -2.58. The lowest BCUT2D eigenvalue weighted by atomic mass is 10.1. The molecular weight excluding hydrogens is 475 g/mol. The van der Waals surface area contributed by atoms with Gasteiger partial charge in [0.1, 0.15) is 18.9 Å². The van der Waals surface area contributed by atoms with Gasteiger partial charge in [0.05, 0.1) is 11.4 Å². The molecule has 2 N–H and O–H groups in total. The number of hydrogen-bond donors (Lipinski definition) is 2. The van der Waals surface area contributed by atoms with Gasteiger partial charge in [-0.15, -0.1) is 0 Å². The monoisotopic (exact) mass is 505 g/mol. The fourth-order valence-corrected chi connectivity index (χ4v) is 4.85. The van der Waals surface area contributed by atoms with Crippen LogP contribution in [0.25, 0.3) is 11.2 Å². The largest absolute Gasteiger partial charge is 0.430 e. The second-order valence-corrected chi connectivity index (χ2v) is 16.2. The van der Waals surface area contributed by atoms with E-state index in [-0.39, 0.29) is 0 Å². The van der Waals surface area contributed by atoms with Crippen LogP contribution in [0, 0.1) is 0 Å². The molecule has 35 heavy (non-hydrogen) atoms. The average Bonchev–Trinajstić information content (AvgIpc) is 3.47. The second kappa shape index (κ2) is 8.37. The Labute approximate surface area is 203 Å². The van der Waals surface area contributed by atoms with Crippen molar-refractivity contribution in [2.75, 3.05) is 11.9 Å². The van der Waals surface area contributed by atoms with Gasteiger partial charge in [-0.25, -0.2) is 15.0 Å². The van der Waals surface area contributed by atoms with Crippen LogP contribution in [0.1, 0.15) is 31.5 Å². The van der Waals surface area contributed by atoms with Crippen LogP contribution in [-0.2, 0) is 11.5 Å². The van der Waals surface area contributed by atoms with Crippen molar-refractivity contribution in [3.05, 3.63) is 48.1 Å². The fraction of sp³-hybridized carbons (Fsp3) is 0.522. The predicted octanol–water partition coefficient (Wildman–Crippen LogP) is 4.86. The van der Waals surface area contributed by atoms with Crippen LogP contribution < -0.4 is 10.6 Å². The number of hydrogen-bond acceptors (Lipinski definition) is 7. The van der Waals surface area contributed by atoms with Gasteiger partial charge in [-0.1, -0.05) is 19.6 Å². The van der Waals surface area contributed by atoms with E-state index in [1.165, 1.54) is 23.6 Å². The molecule has 1 fully saturated rings. The highest BCUT2D eigenvalue weighted by atomic mass is 28.3. The van der Waals surface area contributed by atoms with E-state index >= 15 is 0 Å². The van der Waals surface area contributed by atoms with Crippen molar-refractivity contribution in [2.24, 2.45) is 0 Å². The Morgan fingerprint density at radius 2 is 2.00 bits per heavy atom. The zero-order valence-corrected chi connectivity index (χ0v) is 21.3. The fourth-order valence-electron chi connectivity index (χ4n) is 4.09. The number of alkyl halides is 3. The van der Waals surface area contributed by atoms with Crippen molar-refractivity contribution in [3.63, 3.8) is 0 Å². The molecule has 1 saturated carbocycles. The number of fused-ring (bicyclic) bond motifs is 2. The second-order valence-electron chi connectivity index (χ2n) is 10.6. The van der Waals surface area contributed by atoms with Crippen LogP contribution in [0.3, 0.4) is 0 Å². The molecule has 3 aliphatic rings. The van der Waals surface area contributed by atoms with Crippen molar-refractivity contribution in [1.82, 2.24) is 29.7 Å². The Balaban J connectivity index is 1.41. The van der Waals surface area contributed by atoms with Gasteiger partial charge in [-0.05, 0) is 38.0 Å². The van der Waals surface area contributed by atoms with Crippen molar-refractivity contribution in [2.45, 2.75) is 69.9 Å². The quantitative estimate of drug-likeness (QED) is 0.392. The Morgan fingerprint density at radius 1 is 1.23 bits per heavy atom. The molecule has 188 valence electrons. The molecule has 2 aliphatic heterocycles. The van der Waals surface area contributed by atoms with Crippen LogP contribution >= 0.6 is 0 Å². The minimum Gasteiger partial charge on any atom is -0.361 e. The number of imidazole rings is 1. The molecule has 8 nitrogen and oxygen atoms in total. The smallest absolute Gasteiger partial charge is 0.361 e. The van der Waals surface area contributed by atoms with Gasteiger partial charge in [0, 0.05) is 33.0 Å². The van der Waals surface area contributed by atoms with Crippen LogP contribution in [0.4, 0.5) is 19.0 Å². The topological polar surface area (TPSA) is 80.1 Å². The lowest BCUT2D eigenvalue weighted by Gasteiger charge is -2.38.